The van der Waals surface area contributed by atoms with Crippen molar-refractivity contribution in [1.29, 1.82) is 0 Å². The molecule has 1 aliphatic heterocycles. The molecule has 26 heavy (non-hydrogen) atoms. The van der Waals surface area contributed by atoms with E-state index in [-0.39, 0.29) is 11.8 Å². The van der Waals surface area contributed by atoms with Crippen LogP contribution in [0.2, 0.25) is 0 Å². The minimum Gasteiger partial charge on any atom is -0.497 e. The Labute approximate surface area is 154 Å². The fourth-order valence-corrected chi connectivity index (χ4v) is 3.15. The Bertz CT molecular complexity index is 799. The van der Waals surface area contributed by atoms with Crippen molar-refractivity contribution in [3.05, 3.63) is 59.2 Å². The van der Waals surface area contributed by atoms with Gasteiger partial charge in [0.1, 0.15) is 5.75 Å². The van der Waals surface area contributed by atoms with Crippen molar-refractivity contribution in [2.75, 3.05) is 18.6 Å². The second kappa shape index (κ2) is 8.04. The molecule has 0 bridgehead atoms. The van der Waals surface area contributed by atoms with Crippen LogP contribution in [0, 0.1) is 0 Å². The number of hydrogen-bond donors (Lipinski definition) is 1. The summed E-state index contributed by atoms with van der Waals surface area (Å²) in [7, 11) is 1.61. The SMILES string of the molecule is CCCC(=O)NCc1ccc2c(c1)N(C(=O)c1ccc(OC)cc1)CC2. The predicted molar refractivity (Wildman–Crippen MR) is 102 cm³/mol. The standard InChI is InChI=1S/C21H24N2O3/c1-3-4-20(24)22-14-15-5-6-16-11-12-23(19(16)13-15)21(25)17-7-9-18(26-2)10-8-17/h5-10,13H,3-4,11-12,14H2,1-2H3,(H,22,24). The molecular weight excluding hydrogens is 328 g/mol. The first-order valence-electron chi connectivity index (χ1n) is 8.96. The molecule has 0 radical (unpaired) electrons. The second-order valence-corrected chi connectivity index (χ2v) is 6.43. The van der Waals surface area contributed by atoms with E-state index >= 15 is 0 Å². The third-order valence-corrected chi connectivity index (χ3v) is 4.59. The van der Waals surface area contributed by atoms with E-state index in [1.165, 1.54) is 0 Å². The number of carbonyl (C=O) groups is 2. The average Bonchev–Trinajstić information content (AvgIpc) is 3.09. The van der Waals surface area contributed by atoms with Gasteiger partial charge in [-0.25, -0.2) is 0 Å². The molecule has 2 amide bonds. The van der Waals surface area contributed by atoms with Crippen molar-refractivity contribution in [2.24, 2.45) is 0 Å². The molecule has 5 heteroatoms. The molecule has 5 nitrogen and oxygen atoms in total. The fourth-order valence-electron chi connectivity index (χ4n) is 3.15. The van der Waals surface area contributed by atoms with Crippen LogP contribution >= 0.6 is 0 Å². The Morgan fingerprint density at radius 2 is 1.92 bits per heavy atom. The summed E-state index contributed by atoms with van der Waals surface area (Å²) in [5.41, 5.74) is 3.74. The van der Waals surface area contributed by atoms with Crippen LogP contribution in [-0.2, 0) is 17.8 Å². The largest absolute Gasteiger partial charge is 0.497 e. The smallest absolute Gasteiger partial charge is 0.258 e. The van der Waals surface area contributed by atoms with Gasteiger partial charge in [0.05, 0.1) is 7.11 Å². The van der Waals surface area contributed by atoms with E-state index in [4.69, 9.17) is 4.74 Å². The number of methoxy groups -OCH3 is 1. The minimum absolute atomic E-state index is 0.0152. The maximum atomic E-state index is 12.9. The van der Waals surface area contributed by atoms with Crippen LogP contribution in [0.4, 0.5) is 5.69 Å². The minimum atomic E-state index is -0.0152. The first-order valence-corrected chi connectivity index (χ1v) is 8.96. The summed E-state index contributed by atoms with van der Waals surface area (Å²) >= 11 is 0. The molecule has 0 unspecified atom stereocenters. The van der Waals surface area contributed by atoms with Gasteiger partial charge in [0, 0.05) is 30.8 Å². The Balaban J connectivity index is 1.75. The molecule has 0 saturated carbocycles. The molecule has 0 fully saturated rings. The molecule has 2 aromatic carbocycles. The number of hydrogen-bond acceptors (Lipinski definition) is 3. The normalized spacial score (nSPS) is 12.6. The molecule has 3 rings (SSSR count). The Morgan fingerprint density at radius 1 is 1.15 bits per heavy atom. The van der Waals surface area contributed by atoms with Gasteiger partial charge >= 0.3 is 0 Å². The predicted octanol–water partition coefficient (Wildman–Crippen LogP) is 3.31. The van der Waals surface area contributed by atoms with E-state index in [1.807, 2.05) is 24.0 Å². The van der Waals surface area contributed by atoms with Gasteiger partial charge < -0.3 is 15.0 Å². The Kier molecular flexibility index (Phi) is 5.56. The summed E-state index contributed by atoms with van der Waals surface area (Å²) < 4.78 is 5.15. The molecule has 1 heterocycles. The third kappa shape index (κ3) is 3.87. The number of carbonyl (C=O) groups excluding carboxylic acids is 2. The lowest BCUT2D eigenvalue weighted by Gasteiger charge is -2.18. The Hall–Kier alpha value is -2.82. The Morgan fingerprint density at radius 3 is 2.62 bits per heavy atom. The highest BCUT2D eigenvalue weighted by Crippen LogP contribution is 2.30. The van der Waals surface area contributed by atoms with Crippen molar-refractivity contribution in [1.82, 2.24) is 5.32 Å². The van der Waals surface area contributed by atoms with Gasteiger partial charge in [-0.15, -0.1) is 0 Å². The molecular formula is C21H24N2O3. The molecule has 1 N–H and O–H groups in total. The van der Waals surface area contributed by atoms with Crippen LogP contribution in [0.3, 0.4) is 0 Å². The summed E-state index contributed by atoms with van der Waals surface area (Å²) in [6, 6.07) is 13.2. The van der Waals surface area contributed by atoms with E-state index in [1.54, 1.807) is 31.4 Å². The number of benzene rings is 2. The second-order valence-electron chi connectivity index (χ2n) is 6.43. The maximum Gasteiger partial charge on any atom is 0.258 e. The molecule has 2 aromatic rings. The number of rotatable bonds is 6. The fraction of sp³-hybridized carbons (Fsp3) is 0.333. The van der Waals surface area contributed by atoms with E-state index in [9.17, 15) is 9.59 Å². The third-order valence-electron chi connectivity index (χ3n) is 4.59. The number of anilines is 1. The van der Waals surface area contributed by atoms with Gasteiger partial charge in [-0.3, -0.25) is 9.59 Å². The zero-order valence-corrected chi connectivity index (χ0v) is 15.2. The molecule has 0 saturated heterocycles. The molecule has 0 atom stereocenters. The first kappa shape index (κ1) is 18.0. The maximum absolute atomic E-state index is 12.9. The molecule has 0 aromatic heterocycles. The topological polar surface area (TPSA) is 58.6 Å². The van der Waals surface area contributed by atoms with Gasteiger partial charge in [0.2, 0.25) is 5.91 Å². The number of nitrogens with one attached hydrogen (secondary N) is 1. The highest BCUT2D eigenvalue weighted by atomic mass is 16.5. The van der Waals surface area contributed by atoms with Gasteiger partial charge in [-0.1, -0.05) is 19.1 Å². The van der Waals surface area contributed by atoms with Crippen LogP contribution < -0.4 is 15.0 Å². The zero-order valence-electron chi connectivity index (χ0n) is 15.2. The zero-order chi connectivity index (χ0) is 18.5. The lowest BCUT2D eigenvalue weighted by atomic mass is 10.1. The highest BCUT2D eigenvalue weighted by molar-refractivity contribution is 6.07. The van der Waals surface area contributed by atoms with Crippen molar-refractivity contribution < 1.29 is 14.3 Å². The van der Waals surface area contributed by atoms with Gasteiger partial charge in [0.25, 0.3) is 5.91 Å². The van der Waals surface area contributed by atoms with Crippen molar-refractivity contribution in [2.45, 2.75) is 32.7 Å². The lowest BCUT2D eigenvalue weighted by Crippen LogP contribution is -2.29. The quantitative estimate of drug-likeness (QED) is 0.868. The van der Waals surface area contributed by atoms with Crippen molar-refractivity contribution >= 4 is 17.5 Å². The summed E-state index contributed by atoms with van der Waals surface area (Å²) in [5.74, 6) is 0.770. The summed E-state index contributed by atoms with van der Waals surface area (Å²) in [6.07, 6.45) is 2.22. The van der Waals surface area contributed by atoms with Crippen molar-refractivity contribution in [3.8, 4) is 5.75 Å². The monoisotopic (exact) mass is 352 g/mol. The average molecular weight is 352 g/mol. The van der Waals surface area contributed by atoms with Gasteiger partial charge in [-0.05, 0) is 54.3 Å². The van der Waals surface area contributed by atoms with Crippen LogP contribution in [0.15, 0.2) is 42.5 Å². The van der Waals surface area contributed by atoms with Gasteiger partial charge in [0.15, 0.2) is 0 Å². The van der Waals surface area contributed by atoms with Crippen molar-refractivity contribution in [3.63, 3.8) is 0 Å². The summed E-state index contributed by atoms with van der Waals surface area (Å²) in [4.78, 5) is 26.4. The summed E-state index contributed by atoms with van der Waals surface area (Å²) in [6.45, 7) is 3.14. The number of nitrogens with zero attached hydrogens (tertiary/aromatic N) is 1. The van der Waals surface area contributed by atoms with E-state index in [0.717, 1.165) is 35.4 Å². The first-order chi connectivity index (χ1) is 12.6. The van der Waals surface area contributed by atoms with E-state index in [2.05, 4.69) is 11.4 Å². The van der Waals surface area contributed by atoms with Crippen LogP contribution in [0.1, 0.15) is 41.3 Å². The lowest BCUT2D eigenvalue weighted by molar-refractivity contribution is -0.121. The number of fused-ring (bicyclic) bond motifs is 1. The molecule has 136 valence electrons. The molecule has 0 spiro atoms. The highest BCUT2D eigenvalue weighted by Gasteiger charge is 2.25. The molecule has 0 aliphatic carbocycles. The van der Waals surface area contributed by atoms with E-state index < -0.39 is 0 Å². The molecule has 1 aliphatic rings. The van der Waals surface area contributed by atoms with E-state index in [0.29, 0.717) is 25.1 Å². The summed E-state index contributed by atoms with van der Waals surface area (Å²) in [5, 5.41) is 2.92. The number of amides is 2. The van der Waals surface area contributed by atoms with Crippen LogP contribution in [0.25, 0.3) is 0 Å². The van der Waals surface area contributed by atoms with Crippen LogP contribution in [0.5, 0.6) is 5.75 Å². The van der Waals surface area contributed by atoms with Crippen LogP contribution in [-0.4, -0.2) is 25.5 Å². The number of ether oxygens (including phenoxy) is 1. The van der Waals surface area contributed by atoms with Gasteiger partial charge in [-0.2, -0.15) is 0 Å².